The van der Waals surface area contributed by atoms with Gasteiger partial charge in [0.2, 0.25) is 10.0 Å². The van der Waals surface area contributed by atoms with E-state index in [4.69, 9.17) is 16.3 Å². The molecule has 0 bridgehead atoms. The van der Waals surface area contributed by atoms with Gasteiger partial charge in [0.15, 0.2) is 6.61 Å². The second kappa shape index (κ2) is 11.2. The van der Waals surface area contributed by atoms with Gasteiger partial charge in [0.05, 0.1) is 9.92 Å². The number of ether oxygens (including phenoxy) is 1. The van der Waals surface area contributed by atoms with Crippen molar-refractivity contribution in [2.75, 3.05) is 25.0 Å². The highest BCUT2D eigenvalue weighted by Gasteiger charge is 2.24. The minimum atomic E-state index is -3.52. The molecule has 1 fully saturated rings. The predicted molar refractivity (Wildman–Crippen MR) is 122 cm³/mol. The van der Waals surface area contributed by atoms with Gasteiger partial charge in [-0.2, -0.15) is 4.31 Å². The summed E-state index contributed by atoms with van der Waals surface area (Å²) in [6.45, 7) is 0.607. The smallest absolute Gasteiger partial charge is 0.331 e. The molecule has 0 aliphatic carbocycles. The lowest BCUT2D eigenvalue weighted by molar-refractivity contribution is -0.142. The maximum absolute atomic E-state index is 12.8. The van der Waals surface area contributed by atoms with Gasteiger partial charge in [-0.1, -0.05) is 36.6 Å². The number of hydrogen-bond acceptors (Lipinski definition) is 6. The average molecular weight is 478 g/mol. The summed E-state index contributed by atoms with van der Waals surface area (Å²) in [6, 6.07) is 9.39. The molecule has 1 aromatic carbocycles. The van der Waals surface area contributed by atoms with Crippen LogP contribution in [0, 0.1) is 0 Å². The molecule has 0 unspecified atom stereocenters. The molecule has 0 radical (unpaired) electrons. The molecule has 1 aliphatic rings. The Morgan fingerprint density at radius 1 is 1.06 bits per heavy atom. The molecule has 0 spiro atoms. The number of amides is 1. The molecule has 1 N–H and O–H groups in total. The number of pyridine rings is 1. The summed E-state index contributed by atoms with van der Waals surface area (Å²) >= 11 is 5.72. The molecule has 170 valence electrons. The van der Waals surface area contributed by atoms with Crippen molar-refractivity contribution >= 4 is 45.4 Å². The topological polar surface area (TPSA) is 106 Å². The number of benzene rings is 1. The number of rotatable bonds is 7. The van der Waals surface area contributed by atoms with Gasteiger partial charge in [-0.05, 0) is 48.7 Å². The van der Waals surface area contributed by atoms with E-state index < -0.39 is 28.5 Å². The first kappa shape index (κ1) is 23.9. The number of nitrogens with one attached hydrogen (secondary N) is 1. The molecule has 8 nitrogen and oxygen atoms in total. The Morgan fingerprint density at radius 2 is 1.75 bits per heavy atom. The molecular weight excluding hydrogens is 454 g/mol. The van der Waals surface area contributed by atoms with Gasteiger partial charge in [-0.25, -0.2) is 18.2 Å². The standard InChI is InChI=1S/C22H24ClN3O5S/c23-18-8-11-20(24-15-18)25-21(27)16-31-22(28)12-7-17-5-9-19(10-6-17)32(29,30)26-13-3-1-2-4-14-26/h5-12,15H,1-4,13-14,16H2,(H,24,25,27)/b12-7+. The fourth-order valence-electron chi connectivity index (χ4n) is 3.16. The molecule has 10 heteroatoms. The number of carbonyl (C=O) groups excluding carboxylic acids is 2. The molecule has 0 saturated carbocycles. The number of sulfonamides is 1. The van der Waals surface area contributed by atoms with Gasteiger partial charge in [0.1, 0.15) is 5.82 Å². The van der Waals surface area contributed by atoms with E-state index in [-0.39, 0.29) is 4.90 Å². The van der Waals surface area contributed by atoms with Crippen LogP contribution in [0.2, 0.25) is 5.02 Å². The molecule has 1 aromatic heterocycles. The number of esters is 1. The minimum Gasteiger partial charge on any atom is -0.452 e. The molecule has 32 heavy (non-hydrogen) atoms. The van der Waals surface area contributed by atoms with Crippen molar-refractivity contribution in [3.05, 3.63) is 59.3 Å². The van der Waals surface area contributed by atoms with E-state index in [9.17, 15) is 18.0 Å². The summed E-state index contributed by atoms with van der Waals surface area (Å²) in [6.07, 6.45) is 7.88. The molecule has 3 rings (SSSR count). The molecular formula is C22H24ClN3O5S. The van der Waals surface area contributed by atoms with Crippen molar-refractivity contribution in [1.82, 2.24) is 9.29 Å². The molecule has 1 saturated heterocycles. The first-order valence-electron chi connectivity index (χ1n) is 10.2. The maximum Gasteiger partial charge on any atom is 0.331 e. The van der Waals surface area contributed by atoms with Crippen LogP contribution in [0.5, 0.6) is 0 Å². The van der Waals surface area contributed by atoms with Crippen LogP contribution < -0.4 is 5.32 Å². The maximum atomic E-state index is 12.8. The zero-order valence-corrected chi connectivity index (χ0v) is 18.9. The van der Waals surface area contributed by atoms with Crippen LogP contribution in [0.3, 0.4) is 0 Å². The van der Waals surface area contributed by atoms with Gasteiger partial charge in [-0.15, -0.1) is 0 Å². The normalized spacial score (nSPS) is 15.3. The third-order valence-corrected chi connectivity index (χ3v) is 6.97. The summed E-state index contributed by atoms with van der Waals surface area (Å²) in [5.74, 6) is -0.948. The molecule has 0 atom stereocenters. The van der Waals surface area contributed by atoms with Crippen LogP contribution in [0.25, 0.3) is 6.08 Å². The highest BCUT2D eigenvalue weighted by Crippen LogP contribution is 2.21. The van der Waals surface area contributed by atoms with Gasteiger partial charge in [-0.3, -0.25) is 4.79 Å². The van der Waals surface area contributed by atoms with E-state index in [1.54, 1.807) is 18.2 Å². The average Bonchev–Trinajstić information content (AvgIpc) is 3.08. The monoisotopic (exact) mass is 477 g/mol. The van der Waals surface area contributed by atoms with Crippen molar-refractivity contribution in [3.8, 4) is 0 Å². The predicted octanol–water partition coefficient (Wildman–Crippen LogP) is 3.49. The van der Waals surface area contributed by atoms with E-state index in [1.807, 2.05) is 0 Å². The first-order valence-corrected chi connectivity index (χ1v) is 12.0. The Labute approximate surface area is 192 Å². The van der Waals surface area contributed by atoms with Crippen molar-refractivity contribution in [2.24, 2.45) is 0 Å². The summed E-state index contributed by atoms with van der Waals surface area (Å²) in [4.78, 5) is 27.8. The van der Waals surface area contributed by atoms with Gasteiger partial charge in [0.25, 0.3) is 5.91 Å². The number of carbonyl (C=O) groups is 2. The first-order chi connectivity index (χ1) is 15.3. The van der Waals surface area contributed by atoms with Gasteiger partial charge >= 0.3 is 5.97 Å². The van der Waals surface area contributed by atoms with E-state index in [2.05, 4.69) is 10.3 Å². The van der Waals surface area contributed by atoms with Crippen molar-refractivity contribution in [1.29, 1.82) is 0 Å². The fourth-order valence-corrected chi connectivity index (χ4v) is 4.79. The molecule has 1 aliphatic heterocycles. The quantitative estimate of drug-likeness (QED) is 0.483. The molecule has 2 aromatic rings. The SMILES string of the molecule is O=C(COC(=O)/C=C/c1ccc(S(=O)(=O)N2CCCCCC2)cc1)Nc1ccc(Cl)cn1. The lowest BCUT2D eigenvalue weighted by Gasteiger charge is -2.19. The van der Waals surface area contributed by atoms with Gasteiger partial charge < -0.3 is 10.1 Å². The largest absolute Gasteiger partial charge is 0.452 e. The third-order valence-electron chi connectivity index (χ3n) is 4.84. The highest BCUT2D eigenvalue weighted by atomic mass is 35.5. The Morgan fingerprint density at radius 3 is 2.38 bits per heavy atom. The second-order valence-electron chi connectivity index (χ2n) is 7.24. The van der Waals surface area contributed by atoms with E-state index >= 15 is 0 Å². The Hall–Kier alpha value is -2.75. The number of hydrogen-bond donors (Lipinski definition) is 1. The third kappa shape index (κ3) is 6.88. The molecule has 1 amide bonds. The lowest BCUT2D eigenvalue weighted by atomic mass is 10.2. The van der Waals surface area contributed by atoms with Crippen LogP contribution in [-0.4, -0.2) is 49.3 Å². The minimum absolute atomic E-state index is 0.228. The van der Waals surface area contributed by atoms with E-state index in [0.717, 1.165) is 25.7 Å². The molecule has 2 heterocycles. The number of anilines is 1. The zero-order chi connectivity index (χ0) is 23.0. The van der Waals surface area contributed by atoms with Crippen molar-refractivity contribution in [2.45, 2.75) is 30.6 Å². The van der Waals surface area contributed by atoms with Crippen LogP contribution in [-0.2, 0) is 24.3 Å². The van der Waals surface area contributed by atoms with Crippen LogP contribution in [0.1, 0.15) is 31.2 Å². The highest BCUT2D eigenvalue weighted by molar-refractivity contribution is 7.89. The number of nitrogens with zero attached hydrogens (tertiary/aromatic N) is 2. The lowest BCUT2D eigenvalue weighted by Crippen LogP contribution is -2.31. The van der Waals surface area contributed by atoms with E-state index in [0.29, 0.717) is 29.5 Å². The van der Waals surface area contributed by atoms with Crippen LogP contribution in [0.15, 0.2) is 53.6 Å². The van der Waals surface area contributed by atoms with Crippen molar-refractivity contribution < 1.29 is 22.7 Å². The van der Waals surface area contributed by atoms with Crippen LogP contribution in [0.4, 0.5) is 5.82 Å². The van der Waals surface area contributed by atoms with E-state index in [1.165, 1.54) is 40.9 Å². The fraction of sp³-hybridized carbons (Fsp3) is 0.318. The number of aromatic nitrogens is 1. The summed E-state index contributed by atoms with van der Waals surface area (Å²) in [5, 5.41) is 2.92. The second-order valence-corrected chi connectivity index (χ2v) is 9.61. The Bertz CT molecular complexity index is 1060. The Kier molecular flexibility index (Phi) is 8.38. The summed E-state index contributed by atoms with van der Waals surface area (Å²) in [7, 11) is -3.52. The summed E-state index contributed by atoms with van der Waals surface area (Å²) in [5.41, 5.74) is 0.631. The number of halogens is 1. The Balaban J connectivity index is 1.50. The zero-order valence-electron chi connectivity index (χ0n) is 17.4. The summed E-state index contributed by atoms with van der Waals surface area (Å²) < 4.78 is 32.0. The van der Waals surface area contributed by atoms with Crippen molar-refractivity contribution in [3.63, 3.8) is 0 Å². The van der Waals surface area contributed by atoms with Gasteiger partial charge in [0, 0.05) is 25.4 Å². The van der Waals surface area contributed by atoms with Crippen LogP contribution >= 0.6 is 11.6 Å².